The van der Waals surface area contributed by atoms with Crippen molar-refractivity contribution in [1.29, 1.82) is 0 Å². The van der Waals surface area contributed by atoms with Crippen molar-refractivity contribution < 1.29 is 19.4 Å². The van der Waals surface area contributed by atoms with Gasteiger partial charge in [0, 0.05) is 0 Å². The number of aliphatic hydroxyl groups excluding tert-OH is 1. The second-order valence-corrected chi connectivity index (χ2v) is 5.53. The monoisotopic (exact) mass is 268 g/mol. The number of ketones is 1. The average molecular weight is 268 g/mol. The summed E-state index contributed by atoms with van der Waals surface area (Å²) in [6.07, 6.45) is 0.554. The van der Waals surface area contributed by atoms with Crippen LogP contribution in [0.5, 0.6) is 0 Å². The molecule has 0 aromatic rings. The first kappa shape index (κ1) is 15.9. The first-order valence-electron chi connectivity index (χ1n) is 6.93. The first-order valence-corrected chi connectivity index (χ1v) is 6.93. The summed E-state index contributed by atoms with van der Waals surface area (Å²) in [6.45, 7) is 7.95. The van der Waals surface area contributed by atoms with Gasteiger partial charge in [-0.2, -0.15) is 0 Å². The number of ether oxygens (including phenoxy) is 1. The number of aliphatic hydroxyl groups is 1. The number of carbonyl (C=O) groups is 2. The number of carbonyl (C=O) groups excluding carboxylic acids is 2. The summed E-state index contributed by atoms with van der Waals surface area (Å²) in [5.74, 6) is 0.00213. The molecule has 1 aliphatic carbocycles. The quantitative estimate of drug-likeness (QED) is 0.613. The maximum atomic E-state index is 12.1. The fourth-order valence-electron chi connectivity index (χ4n) is 2.46. The Morgan fingerprint density at radius 1 is 1.42 bits per heavy atom. The molecule has 0 fully saturated rings. The average Bonchev–Trinajstić information content (AvgIpc) is 2.32. The van der Waals surface area contributed by atoms with Gasteiger partial charge in [0.05, 0.1) is 12.7 Å². The molecule has 0 radical (unpaired) electrons. The Kier molecular flexibility index (Phi) is 5.73. The molecular weight excluding hydrogens is 244 g/mol. The van der Waals surface area contributed by atoms with Gasteiger partial charge in [0.25, 0.3) is 0 Å². The minimum Gasteiger partial charge on any atom is -0.466 e. The Bertz CT molecular complexity index is 382. The summed E-state index contributed by atoms with van der Waals surface area (Å²) in [4.78, 5) is 23.5. The molecule has 0 heterocycles. The van der Waals surface area contributed by atoms with E-state index < -0.39 is 12.1 Å². The number of esters is 1. The highest BCUT2D eigenvalue weighted by molar-refractivity contribution is 6.06. The van der Waals surface area contributed by atoms with Crippen LogP contribution in [0.3, 0.4) is 0 Å². The lowest BCUT2D eigenvalue weighted by Gasteiger charge is -2.31. The van der Waals surface area contributed by atoms with Gasteiger partial charge < -0.3 is 9.84 Å². The maximum Gasteiger partial charge on any atom is 0.313 e. The van der Waals surface area contributed by atoms with Crippen LogP contribution in [0.4, 0.5) is 0 Å². The molecule has 0 aromatic carbocycles. The topological polar surface area (TPSA) is 63.6 Å². The third kappa shape index (κ3) is 4.16. The summed E-state index contributed by atoms with van der Waals surface area (Å²) in [5, 5.41) is 10.0. The van der Waals surface area contributed by atoms with Gasteiger partial charge in [-0.1, -0.05) is 13.8 Å². The van der Waals surface area contributed by atoms with Gasteiger partial charge in [-0.05, 0) is 49.7 Å². The third-order valence-corrected chi connectivity index (χ3v) is 3.86. The van der Waals surface area contributed by atoms with E-state index in [9.17, 15) is 14.7 Å². The van der Waals surface area contributed by atoms with E-state index in [1.807, 2.05) is 0 Å². The second-order valence-electron chi connectivity index (χ2n) is 5.53. The molecule has 0 unspecified atom stereocenters. The molecular formula is C15H24O4. The minimum atomic E-state index is -0.567. The molecule has 0 aromatic heterocycles. The van der Waals surface area contributed by atoms with Crippen LogP contribution >= 0.6 is 0 Å². The van der Waals surface area contributed by atoms with Crippen LogP contribution in [0.15, 0.2) is 11.1 Å². The lowest BCUT2D eigenvalue weighted by atomic mass is 9.76. The number of allylic oxidation sites excluding steroid dienone is 1. The van der Waals surface area contributed by atoms with Crippen molar-refractivity contribution in [3.05, 3.63) is 11.1 Å². The SMILES string of the molecule is CCOC(=O)CC(=O)C1=C(C)[C@@H](O)C[C@@H](C(C)C)C1. The van der Waals surface area contributed by atoms with Crippen LogP contribution in [-0.4, -0.2) is 29.6 Å². The Balaban J connectivity index is 2.81. The Morgan fingerprint density at radius 3 is 2.58 bits per heavy atom. The van der Waals surface area contributed by atoms with Crippen molar-refractivity contribution in [2.45, 2.75) is 53.1 Å². The molecule has 0 saturated heterocycles. The van der Waals surface area contributed by atoms with Crippen LogP contribution < -0.4 is 0 Å². The predicted octanol–water partition coefficient (Wildman–Crippen LogP) is 2.25. The van der Waals surface area contributed by atoms with Gasteiger partial charge >= 0.3 is 5.97 Å². The molecule has 2 atom stereocenters. The van der Waals surface area contributed by atoms with Gasteiger partial charge in [0.15, 0.2) is 5.78 Å². The highest BCUT2D eigenvalue weighted by atomic mass is 16.5. The van der Waals surface area contributed by atoms with E-state index in [0.717, 1.165) is 0 Å². The van der Waals surface area contributed by atoms with Crippen molar-refractivity contribution in [2.75, 3.05) is 6.61 Å². The van der Waals surface area contributed by atoms with E-state index in [1.54, 1.807) is 13.8 Å². The van der Waals surface area contributed by atoms with Crippen molar-refractivity contribution >= 4 is 11.8 Å². The molecule has 1 N–H and O–H groups in total. The van der Waals surface area contributed by atoms with Gasteiger partial charge in [0.2, 0.25) is 0 Å². The molecule has 4 heteroatoms. The van der Waals surface area contributed by atoms with Crippen LogP contribution in [0.2, 0.25) is 0 Å². The third-order valence-electron chi connectivity index (χ3n) is 3.86. The van der Waals surface area contributed by atoms with Gasteiger partial charge in [-0.15, -0.1) is 0 Å². The second kappa shape index (κ2) is 6.85. The fraction of sp³-hybridized carbons (Fsp3) is 0.733. The number of rotatable bonds is 5. The first-order chi connectivity index (χ1) is 8.86. The lowest BCUT2D eigenvalue weighted by molar-refractivity contribution is -0.145. The van der Waals surface area contributed by atoms with E-state index in [2.05, 4.69) is 13.8 Å². The Morgan fingerprint density at radius 2 is 2.05 bits per heavy atom. The molecule has 4 nitrogen and oxygen atoms in total. The normalized spacial score (nSPS) is 23.7. The van der Waals surface area contributed by atoms with Gasteiger partial charge in [0.1, 0.15) is 6.42 Å². The van der Waals surface area contributed by atoms with E-state index in [0.29, 0.717) is 35.8 Å². The van der Waals surface area contributed by atoms with Crippen LogP contribution in [-0.2, 0) is 14.3 Å². The van der Waals surface area contributed by atoms with E-state index in [-0.39, 0.29) is 18.8 Å². The zero-order valence-corrected chi connectivity index (χ0v) is 12.2. The molecule has 0 bridgehead atoms. The molecule has 1 rings (SSSR count). The minimum absolute atomic E-state index is 0.208. The smallest absolute Gasteiger partial charge is 0.313 e. The number of hydrogen-bond donors (Lipinski definition) is 1. The van der Waals surface area contributed by atoms with Gasteiger partial charge in [-0.3, -0.25) is 9.59 Å². The fourth-order valence-corrected chi connectivity index (χ4v) is 2.46. The van der Waals surface area contributed by atoms with Crippen molar-refractivity contribution in [2.24, 2.45) is 11.8 Å². The molecule has 108 valence electrons. The standard InChI is InChI=1S/C15H24O4/c1-5-19-15(18)8-14(17)12-6-11(9(2)3)7-13(16)10(12)4/h9,11,13,16H,5-8H2,1-4H3/t11-,13-/m0/s1. The van der Waals surface area contributed by atoms with E-state index >= 15 is 0 Å². The van der Waals surface area contributed by atoms with Crippen LogP contribution in [0.1, 0.15) is 47.0 Å². The predicted molar refractivity (Wildman–Crippen MR) is 72.5 cm³/mol. The highest BCUT2D eigenvalue weighted by Crippen LogP contribution is 2.34. The molecule has 0 aliphatic heterocycles. The molecule has 1 aliphatic rings. The summed E-state index contributed by atoms with van der Waals surface area (Å²) in [6, 6.07) is 0. The molecule has 19 heavy (non-hydrogen) atoms. The summed E-state index contributed by atoms with van der Waals surface area (Å²) in [5.41, 5.74) is 1.33. The Labute approximate surface area is 114 Å². The van der Waals surface area contributed by atoms with Crippen molar-refractivity contribution in [3.63, 3.8) is 0 Å². The maximum absolute atomic E-state index is 12.1. The van der Waals surface area contributed by atoms with Crippen LogP contribution in [0.25, 0.3) is 0 Å². The van der Waals surface area contributed by atoms with Crippen LogP contribution in [0, 0.1) is 11.8 Å². The molecule has 0 amide bonds. The largest absolute Gasteiger partial charge is 0.466 e. The molecule has 0 spiro atoms. The van der Waals surface area contributed by atoms with E-state index in [4.69, 9.17) is 4.74 Å². The number of hydrogen-bond acceptors (Lipinski definition) is 4. The lowest BCUT2D eigenvalue weighted by Crippen LogP contribution is -2.29. The summed E-state index contributed by atoms with van der Waals surface area (Å²) < 4.78 is 4.79. The molecule has 0 saturated carbocycles. The Hall–Kier alpha value is -1.16. The van der Waals surface area contributed by atoms with Gasteiger partial charge in [-0.25, -0.2) is 0 Å². The highest BCUT2D eigenvalue weighted by Gasteiger charge is 2.31. The van der Waals surface area contributed by atoms with E-state index in [1.165, 1.54) is 0 Å². The number of Topliss-reactive ketones (excluding diaryl/α,β-unsaturated/α-hetero) is 1. The summed E-state index contributed by atoms with van der Waals surface area (Å²) >= 11 is 0. The summed E-state index contributed by atoms with van der Waals surface area (Å²) in [7, 11) is 0. The van der Waals surface area contributed by atoms with Crippen molar-refractivity contribution in [3.8, 4) is 0 Å². The zero-order chi connectivity index (χ0) is 14.6. The zero-order valence-electron chi connectivity index (χ0n) is 12.2. The van der Waals surface area contributed by atoms with Crippen molar-refractivity contribution in [1.82, 2.24) is 0 Å².